The fourth-order valence-electron chi connectivity index (χ4n) is 4.21. The predicted molar refractivity (Wildman–Crippen MR) is 161 cm³/mol. The topological polar surface area (TPSA) is 48.0 Å². The van der Waals surface area contributed by atoms with Gasteiger partial charge < -0.3 is 4.74 Å². The minimum atomic E-state index is -2.24. The van der Waals surface area contributed by atoms with Crippen molar-refractivity contribution in [3.8, 4) is 17.1 Å². The third-order valence-corrected chi connectivity index (χ3v) is 7.39. The molecule has 1 atom stereocenters. The number of rotatable bonds is 8. The summed E-state index contributed by atoms with van der Waals surface area (Å²) in [7, 11) is 1.73. The van der Waals surface area contributed by atoms with Crippen LogP contribution < -0.4 is 4.57 Å². The van der Waals surface area contributed by atoms with E-state index in [4.69, 9.17) is 4.74 Å². The predicted octanol–water partition coefficient (Wildman–Crippen LogP) is 8.66. The normalized spacial score (nSPS) is 11.6. The lowest BCUT2D eigenvalue weighted by molar-refractivity contribution is -0.674. The van der Waals surface area contributed by atoms with E-state index in [1.165, 1.54) is 19.0 Å². The number of benzene rings is 2. The van der Waals surface area contributed by atoms with Crippen LogP contribution in [-0.4, -0.2) is 22.1 Å². The number of aryl methyl sites for hydroxylation is 1. The molecule has 10 heteroatoms. The summed E-state index contributed by atoms with van der Waals surface area (Å²) in [5, 5.41) is 0. The molecular weight excluding hydrogens is 577 g/mol. The van der Waals surface area contributed by atoms with E-state index >= 15 is 0 Å². The maximum atomic E-state index is 14.6. The second kappa shape index (κ2) is 16.1. The Balaban J connectivity index is 0.00000104. The fraction of sp³-hybridized carbons (Fsp3) is 0.382. The van der Waals surface area contributed by atoms with Gasteiger partial charge in [0.2, 0.25) is 5.82 Å². The Hall–Kier alpha value is -4.08. The summed E-state index contributed by atoms with van der Waals surface area (Å²) in [6.45, 7) is 14.1. The average Bonchev–Trinajstić information content (AvgIpc) is 3.52. The number of ether oxygens (including phenoxy) is 1. The molecule has 0 aliphatic carbocycles. The molecule has 0 bridgehead atoms. The van der Waals surface area contributed by atoms with Crippen molar-refractivity contribution in [3.05, 3.63) is 101 Å². The zero-order chi connectivity index (χ0) is 33.2. The number of pyridine rings is 1. The number of unbranched alkanes of at least 4 members (excludes halogenated alkanes) is 1. The van der Waals surface area contributed by atoms with Gasteiger partial charge in [-0.05, 0) is 23.0 Å². The number of nitrogens with zero attached hydrogens (tertiary/aromatic N) is 3. The zero-order valence-electron chi connectivity index (χ0n) is 26.5. The van der Waals surface area contributed by atoms with E-state index in [2.05, 4.69) is 18.8 Å². The lowest BCUT2D eigenvalue weighted by Crippen LogP contribution is -2.37. The molecule has 44 heavy (non-hydrogen) atoms. The van der Waals surface area contributed by atoms with Crippen molar-refractivity contribution in [2.24, 2.45) is 13.0 Å². The Labute approximate surface area is 256 Å². The maximum Gasteiger partial charge on any atom is 0.403 e. The molecule has 238 valence electrons. The van der Waals surface area contributed by atoms with E-state index in [-0.39, 0.29) is 18.3 Å². The number of aromatic nitrogens is 3. The van der Waals surface area contributed by atoms with Gasteiger partial charge >= 0.3 is 5.97 Å². The van der Waals surface area contributed by atoms with Crippen molar-refractivity contribution < 1.29 is 36.1 Å². The maximum absolute atomic E-state index is 14.6. The molecule has 0 unspecified atom stereocenters. The van der Waals surface area contributed by atoms with Gasteiger partial charge in [0.1, 0.15) is 18.6 Å². The van der Waals surface area contributed by atoms with Crippen LogP contribution in [0.15, 0.2) is 61.1 Å². The van der Waals surface area contributed by atoms with E-state index in [1.807, 2.05) is 34.6 Å². The standard InChI is InChI=1S/C28H25F5N3O2.C4H10.C2H6/c1-16(15-38-27(37)19-11-7-8-13-35(19)4)28(2,3)18-10-6-5-9-17(18)26-34-12-14-36(26)25-23(32)21(30)20(29)22(31)24(25)33;1-3-4-2;1-2/h5-14,16H,15H2,1-4H3;3-4H2,1-2H3;1-2H3/q+1;;/t16-;;/m0../s1. The molecule has 4 aromatic rings. The molecule has 2 aromatic carbocycles. The Bertz CT molecular complexity index is 1520. The minimum absolute atomic E-state index is 0.0163. The van der Waals surface area contributed by atoms with Crippen molar-refractivity contribution in [1.29, 1.82) is 0 Å². The van der Waals surface area contributed by atoms with Gasteiger partial charge in [0.15, 0.2) is 29.5 Å². The van der Waals surface area contributed by atoms with Gasteiger partial charge in [0.05, 0.1) is 6.61 Å². The fourth-order valence-corrected chi connectivity index (χ4v) is 4.21. The number of hydrogen-bond acceptors (Lipinski definition) is 3. The molecule has 0 N–H and O–H groups in total. The summed E-state index contributed by atoms with van der Waals surface area (Å²) in [5.74, 6) is -11.0. The van der Waals surface area contributed by atoms with Gasteiger partial charge in [-0.25, -0.2) is 31.7 Å². The van der Waals surface area contributed by atoms with Crippen LogP contribution in [0, 0.1) is 35.0 Å². The van der Waals surface area contributed by atoms with Gasteiger partial charge in [0.25, 0.3) is 5.69 Å². The Kier molecular flexibility index (Phi) is 13.2. The summed E-state index contributed by atoms with van der Waals surface area (Å²) < 4.78 is 78.9. The van der Waals surface area contributed by atoms with E-state index in [9.17, 15) is 26.7 Å². The zero-order valence-corrected chi connectivity index (χ0v) is 26.5. The molecule has 0 spiro atoms. The Morgan fingerprint density at radius 3 is 2.02 bits per heavy atom. The molecule has 0 radical (unpaired) electrons. The molecular formula is C34H41F5N3O2+. The van der Waals surface area contributed by atoms with Crippen molar-refractivity contribution in [2.45, 2.75) is 66.7 Å². The lowest BCUT2D eigenvalue weighted by atomic mass is 9.72. The van der Waals surface area contributed by atoms with E-state index in [0.29, 0.717) is 16.8 Å². The summed E-state index contributed by atoms with van der Waals surface area (Å²) in [6.07, 6.45) is 6.71. The van der Waals surface area contributed by atoms with Crippen molar-refractivity contribution in [1.82, 2.24) is 9.55 Å². The number of carbonyl (C=O) groups excluding carboxylic acids is 1. The molecule has 0 saturated heterocycles. The van der Waals surface area contributed by atoms with Gasteiger partial charge in [-0.1, -0.05) is 85.6 Å². The summed E-state index contributed by atoms with van der Waals surface area (Å²) in [5.41, 5.74) is -0.339. The van der Waals surface area contributed by atoms with Crippen LogP contribution in [0.3, 0.4) is 0 Å². The van der Waals surface area contributed by atoms with Gasteiger partial charge in [-0.3, -0.25) is 4.57 Å². The molecule has 2 aromatic heterocycles. The first-order valence-corrected chi connectivity index (χ1v) is 14.6. The second-order valence-corrected chi connectivity index (χ2v) is 10.5. The van der Waals surface area contributed by atoms with Crippen molar-refractivity contribution in [2.75, 3.05) is 6.61 Å². The number of esters is 1. The molecule has 2 heterocycles. The SMILES string of the molecule is CC.CCCC.C[C@@H](COC(=O)c1cccc[n+]1C)C(C)(C)c1ccccc1-c1nccn1-c1c(F)c(F)c(F)c(F)c1F. The van der Waals surface area contributed by atoms with Crippen LogP contribution in [-0.2, 0) is 17.2 Å². The molecule has 0 amide bonds. The third-order valence-electron chi connectivity index (χ3n) is 7.39. The van der Waals surface area contributed by atoms with E-state index < -0.39 is 46.2 Å². The molecule has 0 aliphatic rings. The highest BCUT2D eigenvalue weighted by molar-refractivity contribution is 5.85. The van der Waals surface area contributed by atoms with Crippen LogP contribution in [0.2, 0.25) is 0 Å². The Morgan fingerprint density at radius 1 is 0.909 bits per heavy atom. The average molecular weight is 619 g/mol. The first-order valence-electron chi connectivity index (χ1n) is 14.6. The highest BCUT2D eigenvalue weighted by Gasteiger charge is 2.34. The highest BCUT2D eigenvalue weighted by atomic mass is 19.2. The highest BCUT2D eigenvalue weighted by Crippen LogP contribution is 2.39. The van der Waals surface area contributed by atoms with Crippen LogP contribution >= 0.6 is 0 Å². The third kappa shape index (κ3) is 7.70. The van der Waals surface area contributed by atoms with Crippen molar-refractivity contribution in [3.63, 3.8) is 0 Å². The van der Waals surface area contributed by atoms with Gasteiger partial charge in [-0.2, -0.15) is 4.57 Å². The molecule has 0 aliphatic heterocycles. The molecule has 5 nitrogen and oxygen atoms in total. The largest absolute Gasteiger partial charge is 0.457 e. The van der Waals surface area contributed by atoms with E-state index in [1.54, 1.807) is 60.3 Å². The number of carbonyl (C=O) groups is 1. The number of hydrogen-bond donors (Lipinski definition) is 0. The second-order valence-electron chi connectivity index (χ2n) is 10.5. The molecule has 0 saturated carbocycles. The first kappa shape index (κ1) is 36.1. The van der Waals surface area contributed by atoms with Crippen LogP contribution in [0.25, 0.3) is 17.1 Å². The minimum Gasteiger partial charge on any atom is -0.457 e. The summed E-state index contributed by atoms with van der Waals surface area (Å²) in [4.78, 5) is 16.8. The molecule has 0 fully saturated rings. The number of halogens is 5. The number of imidazole rings is 1. The summed E-state index contributed by atoms with van der Waals surface area (Å²) >= 11 is 0. The first-order chi connectivity index (χ1) is 20.9. The smallest absolute Gasteiger partial charge is 0.403 e. The van der Waals surface area contributed by atoms with Gasteiger partial charge in [0, 0.05) is 30.1 Å². The Morgan fingerprint density at radius 2 is 1.45 bits per heavy atom. The van der Waals surface area contributed by atoms with Crippen molar-refractivity contribution >= 4 is 5.97 Å². The monoisotopic (exact) mass is 618 g/mol. The summed E-state index contributed by atoms with van der Waals surface area (Å²) in [6, 6.07) is 12.0. The molecule has 4 rings (SSSR count). The van der Waals surface area contributed by atoms with Gasteiger partial charge in [-0.15, -0.1) is 0 Å². The van der Waals surface area contributed by atoms with Crippen LogP contribution in [0.5, 0.6) is 0 Å². The lowest BCUT2D eigenvalue weighted by Gasteiger charge is -2.33. The quantitative estimate of drug-likeness (QED) is 0.0653. The van der Waals surface area contributed by atoms with Crippen LogP contribution in [0.4, 0.5) is 22.0 Å². The van der Waals surface area contributed by atoms with E-state index in [0.717, 1.165) is 10.8 Å². The van der Waals surface area contributed by atoms with Crippen LogP contribution in [0.1, 0.15) is 77.4 Å².